The molecule has 1 aromatic rings. The van der Waals surface area contributed by atoms with Gasteiger partial charge in [0.05, 0.1) is 6.54 Å². The number of thiazole rings is 1. The third kappa shape index (κ3) is 6.33. The summed E-state index contributed by atoms with van der Waals surface area (Å²) in [6, 6.07) is 0. The van der Waals surface area contributed by atoms with Crippen molar-refractivity contribution in [2.24, 2.45) is 5.92 Å². The molecule has 2 N–H and O–H groups in total. The van der Waals surface area contributed by atoms with E-state index in [1.165, 1.54) is 11.3 Å². The van der Waals surface area contributed by atoms with Crippen molar-refractivity contribution in [2.45, 2.75) is 40.0 Å². The summed E-state index contributed by atoms with van der Waals surface area (Å²) in [6.45, 7) is 6.16. The molecule has 0 aliphatic heterocycles. The van der Waals surface area contributed by atoms with E-state index in [9.17, 15) is 9.59 Å². The number of amides is 2. The van der Waals surface area contributed by atoms with Crippen molar-refractivity contribution >= 4 is 28.3 Å². The highest BCUT2D eigenvalue weighted by Gasteiger charge is 2.08. The van der Waals surface area contributed by atoms with Gasteiger partial charge < -0.3 is 10.6 Å². The maximum atomic E-state index is 11.6. The zero-order valence-corrected chi connectivity index (χ0v) is 12.5. The quantitative estimate of drug-likeness (QED) is 0.806. The topological polar surface area (TPSA) is 71.1 Å². The number of hydrogen-bond donors (Lipinski definition) is 2. The summed E-state index contributed by atoms with van der Waals surface area (Å²) in [4.78, 5) is 28.3. The Labute approximate surface area is 117 Å². The molecule has 1 rings (SSSR count). The first-order valence-corrected chi connectivity index (χ1v) is 7.34. The molecule has 0 unspecified atom stereocenters. The van der Waals surface area contributed by atoms with Crippen LogP contribution in [0, 0.1) is 5.92 Å². The average molecular weight is 283 g/mol. The fraction of sp³-hybridized carbons (Fsp3) is 0.615. The number of carbonyl (C=O) groups is 2. The van der Waals surface area contributed by atoms with Gasteiger partial charge in [-0.15, -0.1) is 11.3 Å². The van der Waals surface area contributed by atoms with Crippen LogP contribution in [0.5, 0.6) is 0 Å². The molecule has 0 spiro atoms. The zero-order chi connectivity index (χ0) is 14.3. The standard InChI is InChI=1S/C13H21N3O2S/c1-4-10-7-15-13(19-10)16-12(18)8-14-11(17)6-5-9(2)3/h7,9H,4-6,8H2,1-3H3,(H,14,17)(H,15,16,18). The number of aryl methyl sites for hydroxylation is 1. The van der Waals surface area contributed by atoms with Crippen molar-refractivity contribution in [3.63, 3.8) is 0 Å². The Kier molecular flexibility index (Phi) is 6.49. The summed E-state index contributed by atoms with van der Waals surface area (Å²) >= 11 is 1.45. The molecule has 0 saturated carbocycles. The molecule has 1 aromatic heterocycles. The lowest BCUT2D eigenvalue weighted by atomic mass is 10.1. The third-order valence-electron chi connectivity index (χ3n) is 2.54. The van der Waals surface area contributed by atoms with E-state index in [1.54, 1.807) is 6.20 Å². The second-order valence-corrected chi connectivity index (χ2v) is 5.86. The molecule has 106 valence electrons. The number of hydrogen-bond acceptors (Lipinski definition) is 4. The van der Waals surface area contributed by atoms with E-state index in [2.05, 4.69) is 29.5 Å². The van der Waals surface area contributed by atoms with Crippen molar-refractivity contribution in [2.75, 3.05) is 11.9 Å². The van der Waals surface area contributed by atoms with E-state index in [0.717, 1.165) is 17.7 Å². The van der Waals surface area contributed by atoms with E-state index in [0.29, 0.717) is 17.5 Å². The molecule has 0 aliphatic rings. The number of aromatic nitrogens is 1. The van der Waals surface area contributed by atoms with Crippen LogP contribution in [0.1, 0.15) is 38.5 Å². The molecule has 0 fully saturated rings. The largest absolute Gasteiger partial charge is 0.347 e. The minimum absolute atomic E-state index is 0.00202. The van der Waals surface area contributed by atoms with Gasteiger partial charge in [0.2, 0.25) is 11.8 Å². The summed E-state index contributed by atoms with van der Waals surface area (Å²) in [6.07, 6.45) is 3.95. The van der Waals surface area contributed by atoms with Gasteiger partial charge in [0.1, 0.15) is 0 Å². The van der Waals surface area contributed by atoms with Gasteiger partial charge >= 0.3 is 0 Å². The smallest absolute Gasteiger partial charge is 0.245 e. The lowest BCUT2D eigenvalue weighted by Gasteiger charge is -2.06. The van der Waals surface area contributed by atoms with Gasteiger partial charge in [0.15, 0.2) is 5.13 Å². The van der Waals surface area contributed by atoms with Crippen LogP contribution in [-0.2, 0) is 16.0 Å². The molecule has 2 amide bonds. The first kappa shape index (κ1) is 15.6. The van der Waals surface area contributed by atoms with Gasteiger partial charge in [-0.25, -0.2) is 4.98 Å². The van der Waals surface area contributed by atoms with E-state index >= 15 is 0 Å². The molecule has 0 saturated heterocycles. The van der Waals surface area contributed by atoms with Crippen LogP contribution in [0.2, 0.25) is 0 Å². The predicted octanol–water partition coefficient (Wildman–Crippen LogP) is 2.20. The highest BCUT2D eigenvalue weighted by molar-refractivity contribution is 7.15. The first-order chi connectivity index (χ1) is 9.01. The van der Waals surface area contributed by atoms with E-state index in [4.69, 9.17) is 0 Å². The Morgan fingerprint density at radius 2 is 2.11 bits per heavy atom. The lowest BCUT2D eigenvalue weighted by Crippen LogP contribution is -2.32. The van der Waals surface area contributed by atoms with Crippen molar-refractivity contribution in [3.05, 3.63) is 11.1 Å². The van der Waals surface area contributed by atoms with Crippen LogP contribution in [0.3, 0.4) is 0 Å². The van der Waals surface area contributed by atoms with Gasteiger partial charge in [-0.1, -0.05) is 20.8 Å². The molecular formula is C13H21N3O2S. The molecule has 0 aromatic carbocycles. The molecule has 6 heteroatoms. The number of rotatable bonds is 7. The van der Waals surface area contributed by atoms with Crippen LogP contribution in [0.25, 0.3) is 0 Å². The highest BCUT2D eigenvalue weighted by Crippen LogP contribution is 2.17. The Bertz CT molecular complexity index is 429. The fourth-order valence-corrected chi connectivity index (χ4v) is 2.15. The number of carbonyl (C=O) groups excluding carboxylic acids is 2. The molecular weight excluding hydrogens is 262 g/mol. The van der Waals surface area contributed by atoms with Crippen molar-refractivity contribution < 1.29 is 9.59 Å². The second-order valence-electron chi connectivity index (χ2n) is 4.74. The van der Waals surface area contributed by atoms with Crippen LogP contribution in [0.15, 0.2) is 6.20 Å². The normalized spacial score (nSPS) is 10.5. The van der Waals surface area contributed by atoms with Crippen LogP contribution in [-0.4, -0.2) is 23.3 Å². The fourth-order valence-electron chi connectivity index (χ4n) is 1.38. The van der Waals surface area contributed by atoms with Crippen molar-refractivity contribution in [1.82, 2.24) is 10.3 Å². The van der Waals surface area contributed by atoms with Crippen LogP contribution in [0.4, 0.5) is 5.13 Å². The number of nitrogens with one attached hydrogen (secondary N) is 2. The van der Waals surface area contributed by atoms with Gasteiger partial charge in [-0.2, -0.15) is 0 Å². The van der Waals surface area contributed by atoms with Gasteiger partial charge in [-0.3, -0.25) is 9.59 Å². The van der Waals surface area contributed by atoms with Gasteiger partial charge in [0.25, 0.3) is 0 Å². The molecule has 19 heavy (non-hydrogen) atoms. The maximum Gasteiger partial charge on any atom is 0.245 e. The predicted molar refractivity (Wildman–Crippen MR) is 77.2 cm³/mol. The van der Waals surface area contributed by atoms with E-state index in [-0.39, 0.29) is 18.4 Å². The SMILES string of the molecule is CCc1cnc(NC(=O)CNC(=O)CCC(C)C)s1. The average Bonchev–Trinajstić information content (AvgIpc) is 2.81. The van der Waals surface area contributed by atoms with Crippen molar-refractivity contribution in [3.8, 4) is 0 Å². The number of anilines is 1. The Morgan fingerprint density at radius 3 is 2.68 bits per heavy atom. The third-order valence-corrected chi connectivity index (χ3v) is 3.60. The maximum absolute atomic E-state index is 11.6. The number of nitrogens with zero attached hydrogens (tertiary/aromatic N) is 1. The summed E-state index contributed by atoms with van der Waals surface area (Å²) in [5.41, 5.74) is 0. The van der Waals surface area contributed by atoms with Gasteiger partial charge in [-0.05, 0) is 18.8 Å². The van der Waals surface area contributed by atoms with Crippen LogP contribution < -0.4 is 10.6 Å². The molecule has 0 atom stereocenters. The highest BCUT2D eigenvalue weighted by atomic mass is 32.1. The zero-order valence-electron chi connectivity index (χ0n) is 11.7. The van der Waals surface area contributed by atoms with Crippen LogP contribution >= 0.6 is 11.3 Å². The minimum Gasteiger partial charge on any atom is -0.347 e. The molecule has 0 bridgehead atoms. The summed E-state index contributed by atoms with van der Waals surface area (Å²) < 4.78 is 0. The van der Waals surface area contributed by atoms with E-state index < -0.39 is 0 Å². The first-order valence-electron chi connectivity index (χ1n) is 6.52. The van der Waals surface area contributed by atoms with Gasteiger partial charge in [0, 0.05) is 17.5 Å². The molecule has 1 heterocycles. The molecule has 5 nitrogen and oxygen atoms in total. The second kappa shape index (κ2) is 7.89. The summed E-state index contributed by atoms with van der Waals surface area (Å²) in [5.74, 6) is 0.162. The molecule has 0 aliphatic carbocycles. The van der Waals surface area contributed by atoms with E-state index in [1.807, 2.05) is 6.92 Å². The lowest BCUT2D eigenvalue weighted by molar-refractivity contribution is -0.124. The monoisotopic (exact) mass is 283 g/mol. The Balaban J connectivity index is 2.25. The molecule has 0 radical (unpaired) electrons. The summed E-state index contributed by atoms with van der Waals surface area (Å²) in [7, 11) is 0. The summed E-state index contributed by atoms with van der Waals surface area (Å²) in [5, 5.41) is 5.86. The minimum atomic E-state index is -0.241. The van der Waals surface area contributed by atoms with Crippen molar-refractivity contribution in [1.29, 1.82) is 0 Å². The Hall–Kier alpha value is -1.43. The Morgan fingerprint density at radius 1 is 1.37 bits per heavy atom.